The van der Waals surface area contributed by atoms with Gasteiger partial charge in [-0.1, -0.05) is 29.8 Å². The Morgan fingerprint density at radius 3 is 2.51 bits per heavy atom. The van der Waals surface area contributed by atoms with Gasteiger partial charge >= 0.3 is 0 Å². The lowest BCUT2D eigenvalue weighted by atomic mass is 9.97. The lowest BCUT2D eigenvalue weighted by molar-refractivity contribution is -0.122. The number of sulfonamides is 1. The Bertz CT molecular complexity index is 1650. The highest BCUT2D eigenvalue weighted by atomic mass is 35.5. The van der Waals surface area contributed by atoms with Gasteiger partial charge in [0, 0.05) is 24.8 Å². The molecule has 1 aliphatic heterocycles. The van der Waals surface area contributed by atoms with Gasteiger partial charge in [0.1, 0.15) is 5.75 Å². The van der Waals surface area contributed by atoms with Crippen LogP contribution < -0.4 is 25.4 Å². The van der Waals surface area contributed by atoms with Gasteiger partial charge in [-0.05, 0) is 55.3 Å². The number of carbonyl (C=O) groups excluding carboxylic acids is 1. The van der Waals surface area contributed by atoms with E-state index < -0.39 is 10.0 Å². The van der Waals surface area contributed by atoms with Crippen LogP contribution in [0, 0.1) is 5.92 Å². The maximum Gasteiger partial charge on any atom is 0.263 e. The predicted octanol–water partition coefficient (Wildman–Crippen LogP) is 4.54. The molecule has 0 bridgehead atoms. The summed E-state index contributed by atoms with van der Waals surface area (Å²) in [5, 5.41) is 3.49. The van der Waals surface area contributed by atoms with E-state index in [9.17, 15) is 13.2 Å². The maximum absolute atomic E-state index is 13.6. The number of rotatable bonds is 8. The lowest BCUT2D eigenvalue weighted by Gasteiger charge is -2.33. The number of amides is 1. The predicted molar refractivity (Wildman–Crippen MR) is 152 cm³/mol. The minimum absolute atomic E-state index is 0.00440. The largest absolute Gasteiger partial charge is 0.497 e. The number of nitrogens with one attached hydrogen (secondary N) is 2. The number of piperidine rings is 1. The molecule has 2 heterocycles. The zero-order valence-electron chi connectivity index (χ0n) is 21.1. The van der Waals surface area contributed by atoms with Gasteiger partial charge in [0.05, 0.1) is 39.7 Å². The maximum atomic E-state index is 13.6. The van der Waals surface area contributed by atoms with E-state index in [1.165, 1.54) is 13.2 Å². The molecule has 10 nitrogen and oxygen atoms in total. The summed E-state index contributed by atoms with van der Waals surface area (Å²) in [6, 6.07) is 18.7. The number of aromatic nitrogens is 2. The molecule has 0 saturated carbocycles. The van der Waals surface area contributed by atoms with Gasteiger partial charge in [-0.25, -0.2) is 18.4 Å². The van der Waals surface area contributed by atoms with E-state index in [1.54, 1.807) is 48.5 Å². The van der Waals surface area contributed by atoms with Crippen LogP contribution in [-0.2, 0) is 14.8 Å². The number of halogens is 1. The smallest absolute Gasteiger partial charge is 0.263 e. The normalized spacial score (nSPS) is 15.6. The summed E-state index contributed by atoms with van der Waals surface area (Å²) in [6.07, 6.45) is 1.51. The van der Waals surface area contributed by atoms with Crippen molar-refractivity contribution in [3.8, 4) is 5.75 Å². The van der Waals surface area contributed by atoms with Crippen LogP contribution in [0.15, 0.2) is 71.6 Å². The van der Waals surface area contributed by atoms with E-state index >= 15 is 0 Å². The molecule has 1 saturated heterocycles. The number of hydrogen-bond donors (Lipinski definition) is 3. The third-order valence-electron chi connectivity index (χ3n) is 6.55. The average Bonchev–Trinajstić information content (AvgIpc) is 2.94. The third-order valence-corrected chi connectivity index (χ3v) is 8.21. The SMILES string of the molecule is COc1ccc(Cl)c(Nc2nc3ccccc3nc2NS(=O)(=O)c2cccc(N3CCCC(C(N)=O)C3)c2)c1. The van der Waals surface area contributed by atoms with Crippen molar-refractivity contribution in [1.29, 1.82) is 0 Å². The first-order chi connectivity index (χ1) is 18.7. The molecule has 0 aliphatic carbocycles. The number of para-hydroxylation sites is 2. The summed E-state index contributed by atoms with van der Waals surface area (Å²) < 4.78 is 35.0. The topological polar surface area (TPSA) is 140 Å². The molecule has 4 aromatic rings. The quantitative estimate of drug-likeness (QED) is 0.282. The summed E-state index contributed by atoms with van der Waals surface area (Å²) >= 11 is 6.39. The van der Waals surface area contributed by atoms with Gasteiger partial charge in [0.15, 0.2) is 11.6 Å². The molecule has 0 radical (unpaired) electrons. The number of anilines is 4. The molecule has 1 fully saturated rings. The van der Waals surface area contributed by atoms with Crippen molar-refractivity contribution in [2.75, 3.05) is 35.1 Å². The highest BCUT2D eigenvalue weighted by molar-refractivity contribution is 7.92. The first-order valence-corrected chi connectivity index (χ1v) is 14.1. The molecule has 1 amide bonds. The van der Waals surface area contributed by atoms with Gasteiger partial charge in [-0.3, -0.25) is 9.52 Å². The molecule has 3 aromatic carbocycles. The first-order valence-electron chi connectivity index (χ1n) is 12.3. The van der Waals surface area contributed by atoms with Crippen molar-refractivity contribution in [2.24, 2.45) is 11.7 Å². The zero-order chi connectivity index (χ0) is 27.6. The fourth-order valence-electron chi connectivity index (χ4n) is 4.49. The molecule has 39 heavy (non-hydrogen) atoms. The van der Waals surface area contributed by atoms with E-state index in [2.05, 4.69) is 20.0 Å². The Balaban J connectivity index is 1.49. The molecular weight excluding hydrogens is 540 g/mol. The molecule has 1 aromatic heterocycles. The molecule has 1 aliphatic rings. The number of nitrogens with zero attached hydrogens (tertiary/aromatic N) is 3. The van der Waals surface area contributed by atoms with Gasteiger partial charge in [0.2, 0.25) is 5.91 Å². The minimum atomic E-state index is -4.08. The van der Waals surface area contributed by atoms with E-state index in [1.807, 2.05) is 17.0 Å². The second kappa shape index (κ2) is 11.0. The van der Waals surface area contributed by atoms with Crippen LogP contribution >= 0.6 is 11.6 Å². The van der Waals surface area contributed by atoms with E-state index in [0.29, 0.717) is 46.3 Å². The Morgan fingerprint density at radius 2 is 1.79 bits per heavy atom. The summed E-state index contributed by atoms with van der Waals surface area (Å²) in [7, 11) is -2.54. The number of carbonyl (C=O) groups is 1. The Labute approximate surface area is 231 Å². The molecular formula is C27H27ClN6O4S. The van der Waals surface area contributed by atoms with Crippen molar-refractivity contribution >= 4 is 61.6 Å². The molecule has 1 unspecified atom stereocenters. The first kappa shape index (κ1) is 26.5. The summed E-state index contributed by atoms with van der Waals surface area (Å²) in [5.41, 5.74) is 7.76. The highest BCUT2D eigenvalue weighted by Crippen LogP contribution is 2.33. The van der Waals surface area contributed by atoms with Gasteiger partial charge in [-0.15, -0.1) is 0 Å². The van der Waals surface area contributed by atoms with Crippen molar-refractivity contribution in [2.45, 2.75) is 17.7 Å². The van der Waals surface area contributed by atoms with Crippen LogP contribution in [0.2, 0.25) is 5.02 Å². The van der Waals surface area contributed by atoms with Gasteiger partial charge in [-0.2, -0.15) is 0 Å². The van der Waals surface area contributed by atoms with E-state index in [0.717, 1.165) is 12.8 Å². The number of ether oxygens (including phenoxy) is 1. The van der Waals surface area contributed by atoms with E-state index in [-0.39, 0.29) is 28.4 Å². The second-order valence-electron chi connectivity index (χ2n) is 9.17. The molecule has 0 spiro atoms. The average molecular weight is 567 g/mol. The number of hydrogen-bond acceptors (Lipinski definition) is 8. The van der Waals surface area contributed by atoms with E-state index in [4.69, 9.17) is 22.1 Å². The minimum Gasteiger partial charge on any atom is -0.497 e. The second-order valence-corrected chi connectivity index (χ2v) is 11.3. The molecule has 5 rings (SSSR count). The summed E-state index contributed by atoms with van der Waals surface area (Å²) in [5.74, 6) is 0.109. The molecule has 202 valence electrons. The molecule has 1 atom stereocenters. The van der Waals surface area contributed by atoms with Gasteiger partial charge in [0.25, 0.3) is 10.0 Å². The standard InChI is InChI=1S/C27H27ClN6O4S/c1-38-19-11-12-21(28)24(15-19)32-26-27(31-23-10-3-2-9-22(23)30-26)33-39(36,37)20-8-4-7-18(14-20)34-13-5-6-17(16-34)25(29)35/h2-4,7-12,14-15,17H,5-6,13,16H2,1H3,(H2,29,35)(H,30,32)(H,31,33). The van der Waals surface area contributed by atoms with Crippen molar-refractivity contribution in [3.63, 3.8) is 0 Å². The molecule has 12 heteroatoms. The van der Waals surface area contributed by atoms with Crippen LogP contribution in [-0.4, -0.2) is 44.5 Å². The summed E-state index contributed by atoms with van der Waals surface area (Å²) in [6.45, 7) is 1.14. The van der Waals surface area contributed by atoms with Crippen molar-refractivity contribution in [3.05, 3.63) is 71.8 Å². The zero-order valence-corrected chi connectivity index (χ0v) is 22.7. The van der Waals surface area contributed by atoms with Crippen LogP contribution in [0.1, 0.15) is 12.8 Å². The lowest BCUT2D eigenvalue weighted by Crippen LogP contribution is -2.41. The number of benzene rings is 3. The van der Waals surface area contributed by atoms with Crippen LogP contribution in [0.4, 0.5) is 23.0 Å². The number of methoxy groups -OCH3 is 1. The van der Waals surface area contributed by atoms with Gasteiger partial charge < -0.3 is 20.7 Å². The number of nitrogens with two attached hydrogens (primary N) is 1. The van der Waals surface area contributed by atoms with Crippen LogP contribution in [0.25, 0.3) is 11.0 Å². The van der Waals surface area contributed by atoms with Crippen LogP contribution in [0.5, 0.6) is 5.75 Å². The monoisotopic (exact) mass is 566 g/mol. The number of primary amides is 1. The third kappa shape index (κ3) is 5.84. The van der Waals surface area contributed by atoms with Crippen molar-refractivity contribution < 1.29 is 17.9 Å². The fraction of sp³-hybridized carbons (Fsp3) is 0.222. The number of fused-ring (bicyclic) bond motifs is 1. The summed E-state index contributed by atoms with van der Waals surface area (Å²) in [4.78, 5) is 22.9. The van der Waals surface area contributed by atoms with Crippen LogP contribution in [0.3, 0.4) is 0 Å². The molecule has 4 N–H and O–H groups in total. The fourth-order valence-corrected chi connectivity index (χ4v) is 5.70. The highest BCUT2D eigenvalue weighted by Gasteiger charge is 2.26. The van der Waals surface area contributed by atoms with Crippen molar-refractivity contribution in [1.82, 2.24) is 9.97 Å². The Kier molecular flexibility index (Phi) is 7.45. The Morgan fingerprint density at radius 1 is 1.05 bits per heavy atom. The Hall–Kier alpha value is -4.09.